The van der Waals surface area contributed by atoms with Crippen molar-refractivity contribution in [3.8, 4) is 16.9 Å². The number of aromatic nitrogens is 1. The summed E-state index contributed by atoms with van der Waals surface area (Å²) >= 11 is 0. The Balaban J connectivity index is 2.76. The summed E-state index contributed by atoms with van der Waals surface area (Å²) in [5, 5.41) is 0. The van der Waals surface area contributed by atoms with Crippen LogP contribution < -0.4 is 15.2 Å². The van der Waals surface area contributed by atoms with E-state index < -0.39 is 9.84 Å². The second kappa shape index (κ2) is 7.31. The third kappa shape index (κ3) is 3.87. The van der Waals surface area contributed by atoms with Crippen LogP contribution >= 0.6 is 0 Å². The third-order valence-corrected chi connectivity index (χ3v) is 5.68. The van der Waals surface area contributed by atoms with Gasteiger partial charge in [0.1, 0.15) is 11.4 Å². The minimum atomic E-state index is -3.34. The molecule has 0 spiro atoms. The highest BCUT2D eigenvalue weighted by molar-refractivity contribution is 7.91. The molecule has 1 heterocycles. The molecule has 0 bridgehead atoms. The van der Waals surface area contributed by atoms with Crippen LogP contribution in [0.5, 0.6) is 5.75 Å². The first-order valence-corrected chi connectivity index (χ1v) is 9.74. The van der Waals surface area contributed by atoms with Crippen LogP contribution in [0.3, 0.4) is 0 Å². The van der Waals surface area contributed by atoms with Crippen molar-refractivity contribution in [1.82, 2.24) is 4.57 Å². The first kappa shape index (κ1) is 19.1. The van der Waals surface area contributed by atoms with Crippen LogP contribution in [0.2, 0.25) is 0 Å². The van der Waals surface area contributed by atoms with Gasteiger partial charge in [0, 0.05) is 38.5 Å². The normalized spacial score (nSPS) is 11.4. The Hall–Kier alpha value is -2.28. The number of hydrogen-bond acceptors (Lipinski definition) is 5. The Morgan fingerprint density at radius 3 is 2.40 bits per heavy atom. The summed E-state index contributed by atoms with van der Waals surface area (Å²) in [5.41, 5.74) is 1.77. The fourth-order valence-electron chi connectivity index (χ4n) is 2.54. The molecule has 0 amide bonds. The molecule has 25 heavy (non-hydrogen) atoms. The molecule has 0 unspecified atom stereocenters. The van der Waals surface area contributed by atoms with E-state index in [0.717, 1.165) is 5.56 Å². The van der Waals surface area contributed by atoms with Gasteiger partial charge in [-0.25, -0.2) is 8.42 Å². The molecule has 0 N–H and O–H groups in total. The monoisotopic (exact) mass is 364 g/mol. The van der Waals surface area contributed by atoms with E-state index in [1.54, 1.807) is 63.4 Å². The van der Waals surface area contributed by atoms with Crippen LogP contribution in [0.1, 0.15) is 13.8 Å². The Kier molecular flexibility index (Phi) is 5.57. The zero-order valence-electron chi connectivity index (χ0n) is 15.2. The van der Waals surface area contributed by atoms with Crippen molar-refractivity contribution in [1.29, 1.82) is 0 Å². The van der Waals surface area contributed by atoms with Gasteiger partial charge >= 0.3 is 0 Å². The Bertz CT molecular complexity index is 931. The molecule has 1 aromatic heterocycles. The largest absolute Gasteiger partial charge is 0.493 e. The van der Waals surface area contributed by atoms with Crippen LogP contribution in [-0.2, 0) is 16.9 Å². The molecule has 0 fully saturated rings. The average Bonchev–Trinajstić information content (AvgIpc) is 2.57. The van der Waals surface area contributed by atoms with Gasteiger partial charge in [-0.15, -0.1) is 0 Å². The Morgan fingerprint density at radius 2 is 1.84 bits per heavy atom. The maximum absolute atomic E-state index is 12.3. The highest BCUT2D eigenvalue weighted by Gasteiger charge is 2.17. The molecular formula is C18H24N2O4S. The van der Waals surface area contributed by atoms with Crippen molar-refractivity contribution in [2.75, 3.05) is 31.4 Å². The molecule has 2 rings (SSSR count). The smallest absolute Gasteiger partial charge is 0.273 e. The summed E-state index contributed by atoms with van der Waals surface area (Å²) < 4.78 is 31.6. The van der Waals surface area contributed by atoms with Gasteiger partial charge in [-0.3, -0.25) is 4.79 Å². The van der Waals surface area contributed by atoms with Gasteiger partial charge in [0.25, 0.3) is 5.56 Å². The molecule has 0 radical (unpaired) electrons. The second-order valence-electron chi connectivity index (χ2n) is 5.92. The number of hydrogen-bond donors (Lipinski definition) is 0. The van der Waals surface area contributed by atoms with Crippen LogP contribution in [0.4, 0.5) is 5.69 Å². The molecule has 0 aliphatic heterocycles. The number of anilines is 1. The van der Waals surface area contributed by atoms with Gasteiger partial charge in [0.2, 0.25) is 0 Å². The zero-order valence-corrected chi connectivity index (χ0v) is 16.1. The minimum Gasteiger partial charge on any atom is -0.493 e. The van der Waals surface area contributed by atoms with Crippen molar-refractivity contribution in [2.24, 2.45) is 7.05 Å². The number of nitrogens with zero attached hydrogens (tertiary/aromatic N) is 2. The fourth-order valence-corrected chi connectivity index (χ4v) is 3.44. The molecule has 0 atom stereocenters. The summed E-state index contributed by atoms with van der Waals surface area (Å²) in [6.45, 7) is 3.94. The summed E-state index contributed by atoms with van der Waals surface area (Å²) in [6.07, 6.45) is 1.69. The number of sulfone groups is 1. The van der Waals surface area contributed by atoms with E-state index >= 15 is 0 Å². The maximum Gasteiger partial charge on any atom is 0.273 e. The minimum absolute atomic E-state index is 0.0244. The van der Waals surface area contributed by atoms with Crippen LogP contribution in [0, 0.1) is 0 Å². The maximum atomic E-state index is 12.3. The quantitative estimate of drug-likeness (QED) is 0.787. The SMILES string of the molecule is CCOc1ccc(S(=O)(=O)CC)cc1-c1cc(N(C)C)c(=O)n(C)c1. The van der Waals surface area contributed by atoms with Crippen molar-refractivity contribution in [2.45, 2.75) is 18.7 Å². The lowest BCUT2D eigenvalue weighted by Gasteiger charge is -2.17. The van der Waals surface area contributed by atoms with Gasteiger partial charge in [0.15, 0.2) is 9.84 Å². The first-order valence-electron chi connectivity index (χ1n) is 8.09. The van der Waals surface area contributed by atoms with E-state index in [1.165, 1.54) is 4.57 Å². The number of benzene rings is 1. The Labute approximate surface area is 148 Å². The number of pyridine rings is 1. The van der Waals surface area contributed by atoms with E-state index in [0.29, 0.717) is 23.6 Å². The van der Waals surface area contributed by atoms with E-state index in [4.69, 9.17) is 4.74 Å². The molecule has 0 saturated heterocycles. The summed E-state index contributed by atoms with van der Waals surface area (Å²) in [6, 6.07) is 6.59. The standard InChI is InChI=1S/C18H24N2O4S/c1-6-24-17-9-8-14(25(22,23)7-2)11-15(17)13-10-16(19(3)4)18(21)20(5)12-13/h8-12H,6-7H2,1-5H3. The average molecular weight is 364 g/mol. The number of aryl methyl sites for hydroxylation is 1. The topological polar surface area (TPSA) is 68.6 Å². The number of rotatable bonds is 6. The molecule has 7 heteroatoms. The van der Waals surface area contributed by atoms with E-state index in [9.17, 15) is 13.2 Å². The molecule has 0 saturated carbocycles. The molecule has 0 aliphatic carbocycles. The molecule has 0 aliphatic rings. The predicted octanol–water partition coefficient (Wildman–Crippen LogP) is 2.31. The van der Waals surface area contributed by atoms with Crippen LogP contribution in [-0.4, -0.2) is 39.4 Å². The van der Waals surface area contributed by atoms with Gasteiger partial charge in [-0.1, -0.05) is 6.92 Å². The lowest BCUT2D eigenvalue weighted by Crippen LogP contribution is -2.25. The van der Waals surface area contributed by atoms with Crippen molar-refractivity contribution >= 4 is 15.5 Å². The molecule has 136 valence electrons. The van der Waals surface area contributed by atoms with Crippen molar-refractivity contribution < 1.29 is 13.2 Å². The van der Waals surface area contributed by atoms with Crippen LogP contribution in [0.25, 0.3) is 11.1 Å². The molecule has 6 nitrogen and oxygen atoms in total. The summed E-state index contributed by atoms with van der Waals surface area (Å²) in [4.78, 5) is 14.3. The summed E-state index contributed by atoms with van der Waals surface area (Å²) in [7, 11) is 1.92. The highest BCUT2D eigenvalue weighted by Crippen LogP contribution is 2.33. The predicted molar refractivity (Wildman–Crippen MR) is 100 cm³/mol. The van der Waals surface area contributed by atoms with E-state index in [-0.39, 0.29) is 16.2 Å². The summed E-state index contributed by atoms with van der Waals surface area (Å²) in [5.74, 6) is 0.609. The van der Waals surface area contributed by atoms with Crippen molar-refractivity contribution in [3.63, 3.8) is 0 Å². The van der Waals surface area contributed by atoms with Gasteiger partial charge in [-0.2, -0.15) is 0 Å². The third-order valence-electron chi connectivity index (χ3n) is 3.95. The molecular weight excluding hydrogens is 340 g/mol. The van der Waals surface area contributed by atoms with E-state index in [2.05, 4.69) is 0 Å². The van der Waals surface area contributed by atoms with E-state index in [1.807, 2.05) is 6.92 Å². The molecule has 1 aromatic carbocycles. The molecule has 2 aromatic rings. The lowest BCUT2D eigenvalue weighted by molar-refractivity contribution is 0.341. The Morgan fingerprint density at radius 1 is 1.16 bits per heavy atom. The van der Waals surface area contributed by atoms with Gasteiger partial charge < -0.3 is 14.2 Å². The van der Waals surface area contributed by atoms with Crippen molar-refractivity contribution in [3.05, 3.63) is 40.8 Å². The van der Waals surface area contributed by atoms with Gasteiger partial charge in [-0.05, 0) is 31.2 Å². The fraction of sp³-hybridized carbons (Fsp3) is 0.389. The number of ether oxygens (including phenoxy) is 1. The zero-order chi connectivity index (χ0) is 18.8. The van der Waals surface area contributed by atoms with Crippen LogP contribution in [0.15, 0.2) is 40.2 Å². The first-order chi connectivity index (χ1) is 11.7. The van der Waals surface area contributed by atoms with Gasteiger partial charge in [0.05, 0.1) is 17.3 Å². The lowest BCUT2D eigenvalue weighted by atomic mass is 10.1. The highest BCUT2D eigenvalue weighted by atomic mass is 32.2. The second-order valence-corrected chi connectivity index (χ2v) is 8.20.